The van der Waals surface area contributed by atoms with Crippen LogP contribution in [0.25, 0.3) is 11.3 Å². The van der Waals surface area contributed by atoms with E-state index in [9.17, 15) is 10.1 Å². The third kappa shape index (κ3) is 3.98. The van der Waals surface area contributed by atoms with Crippen LogP contribution < -0.4 is 5.32 Å². The van der Waals surface area contributed by atoms with Crippen molar-refractivity contribution in [1.29, 1.82) is 0 Å². The van der Waals surface area contributed by atoms with E-state index in [0.717, 1.165) is 49.5 Å². The molecule has 3 rings (SSSR count). The van der Waals surface area contributed by atoms with Crippen molar-refractivity contribution < 1.29 is 9.66 Å². The summed E-state index contributed by atoms with van der Waals surface area (Å²) in [7, 11) is 1.88. The standard InChI is InChI=1S/C17H22N4O3/c1-20-11-15(10-18-9-13-3-2-8-24-12-13)17(19-20)14-4-6-16(7-5-14)21(22)23/h4-7,11,13,18H,2-3,8-10,12H2,1H3. The monoisotopic (exact) mass is 330 g/mol. The first-order valence-electron chi connectivity index (χ1n) is 8.19. The van der Waals surface area contributed by atoms with Crippen LogP contribution in [0.2, 0.25) is 0 Å². The van der Waals surface area contributed by atoms with Crippen molar-refractivity contribution >= 4 is 5.69 Å². The zero-order valence-electron chi connectivity index (χ0n) is 13.8. The molecule has 1 aliphatic rings. The molecule has 1 fully saturated rings. The first-order valence-corrected chi connectivity index (χ1v) is 8.19. The zero-order chi connectivity index (χ0) is 16.9. The third-order valence-electron chi connectivity index (χ3n) is 4.26. The molecule has 24 heavy (non-hydrogen) atoms. The lowest BCUT2D eigenvalue weighted by Gasteiger charge is -2.22. The molecule has 0 amide bonds. The fourth-order valence-electron chi connectivity index (χ4n) is 3.03. The van der Waals surface area contributed by atoms with Gasteiger partial charge in [-0.3, -0.25) is 14.8 Å². The number of nitro benzene ring substituents is 1. The molecule has 0 aliphatic carbocycles. The number of nitrogens with one attached hydrogen (secondary N) is 1. The average molecular weight is 330 g/mol. The first-order chi connectivity index (χ1) is 11.6. The molecule has 1 aromatic carbocycles. The Kier molecular flexibility index (Phi) is 5.22. The summed E-state index contributed by atoms with van der Waals surface area (Å²) in [6.07, 6.45) is 4.32. The molecule has 1 saturated heterocycles. The van der Waals surface area contributed by atoms with Gasteiger partial charge in [-0.1, -0.05) is 0 Å². The smallest absolute Gasteiger partial charge is 0.269 e. The van der Waals surface area contributed by atoms with Gasteiger partial charge in [0.05, 0.1) is 17.2 Å². The lowest BCUT2D eigenvalue weighted by atomic mass is 10.0. The van der Waals surface area contributed by atoms with Gasteiger partial charge < -0.3 is 10.1 Å². The molecular formula is C17H22N4O3. The van der Waals surface area contributed by atoms with Crippen LogP contribution in [0, 0.1) is 16.0 Å². The Morgan fingerprint density at radius 3 is 2.88 bits per heavy atom. The number of aryl methyl sites for hydroxylation is 1. The summed E-state index contributed by atoms with van der Waals surface area (Å²) in [4.78, 5) is 10.4. The molecule has 7 heteroatoms. The van der Waals surface area contributed by atoms with E-state index in [-0.39, 0.29) is 5.69 Å². The Bertz CT molecular complexity index is 690. The highest BCUT2D eigenvalue weighted by atomic mass is 16.6. The molecule has 2 heterocycles. The molecule has 128 valence electrons. The second-order valence-corrected chi connectivity index (χ2v) is 6.19. The molecule has 1 aliphatic heterocycles. The van der Waals surface area contributed by atoms with E-state index in [0.29, 0.717) is 5.92 Å². The molecule has 0 saturated carbocycles. The van der Waals surface area contributed by atoms with Gasteiger partial charge in [0, 0.05) is 56.2 Å². The van der Waals surface area contributed by atoms with Crippen LogP contribution in [0.4, 0.5) is 5.69 Å². The fraction of sp³-hybridized carbons (Fsp3) is 0.471. The van der Waals surface area contributed by atoms with Crippen molar-refractivity contribution in [3.63, 3.8) is 0 Å². The van der Waals surface area contributed by atoms with Crippen LogP contribution in [0.3, 0.4) is 0 Å². The van der Waals surface area contributed by atoms with E-state index in [1.165, 1.54) is 18.6 Å². The van der Waals surface area contributed by atoms with Crippen LogP contribution in [-0.4, -0.2) is 34.5 Å². The Labute approximate surface area is 140 Å². The highest BCUT2D eigenvalue weighted by Gasteiger charge is 2.15. The minimum absolute atomic E-state index is 0.0895. The zero-order valence-corrected chi connectivity index (χ0v) is 13.8. The number of aromatic nitrogens is 2. The van der Waals surface area contributed by atoms with Gasteiger partial charge in [0.1, 0.15) is 0 Å². The lowest BCUT2D eigenvalue weighted by Crippen LogP contribution is -2.28. The topological polar surface area (TPSA) is 82.2 Å². The highest BCUT2D eigenvalue weighted by molar-refractivity contribution is 5.64. The quantitative estimate of drug-likeness (QED) is 0.650. The summed E-state index contributed by atoms with van der Waals surface area (Å²) in [5, 5.41) is 18.8. The number of rotatable bonds is 6. The second-order valence-electron chi connectivity index (χ2n) is 6.19. The molecule has 1 aromatic heterocycles. The second kappa shape index (κ2) is 7.55. The van der Waals surface area contributed by atoms with Gasteiger partial charge in [0.25, 0.3) is 5.69 Å². The van der Waals surface area contributed by atoms with Crippen LogP contribution in [0.5, 0.6) is 0 Å². The summed E-state index contributed by atoms with van der Waals surface area (Å²) < 4.78 is 7.28. The fourth-order valence-corrected chi connectivity index (χ4v) is 3.03. The highest BCUT2D eigenvalue weighted by Crippen LogP contribution is 2.24. The van der Waals surface area contributed by atoms with E-state index in [2.05, 4.69) is 10.4 Å². The predicted octanol–water partition coefficient (Wildman–Crippen LogP) is 2.51. The van der Waals surface area contributed by atoms with Crippen molar-refractivity contribution in [2.75, 3.05) is 19.8 Å². The maximum atomic E-state index is 10.8. The van der Waals surface area contributed by atoms with Gasteiger partial charge in [0.15, 0.2) is 0 Å². The van der Waals surface area contributed by atoms with Gasteiger partial charge >= 0.3 is 0 Å². The SMILES string of the molecule is Cn1cc(CNCC2CCCOC2)c(-c2ccc([N+](=O)[O-])cc2)n1. The molecule has 0 radical (unpaired) electrons. The number of non-ortho nitro benzene ring substituents is 1. The van der Waals surface area contributed by atoms with Gasteiger partial charge in [-0.05, 0) is 30.9 Å². The lowest BCUT2D eigenvalue weighted by molar-refractivity contribution is -0.384. The molecule has 1 N–H and O–H groups in total. The van der Waals surface area contributed by atoms with Gasteiger partial charge in [-0.15, -0.1) is 0 Å². The summed E-state index contributed by atoms with van der Waals surface area (Å²) in [5.74, 6) is 0.568. The maximum absolute atomic E-state index is 10.8. The number of ether oxygens (including phenoxy) is 1. The Balaban J connectivity index is 1.67. The molecule has 7 nitrogen and oxygen atoms in total. The average Bonchev–Trinajstić information content (AvgIpc) is 2.96. The molecular weight excluding hydrogens is 308 g/mol. The molecule has 1 unspecified atom stereocenters. The minimum atomic E-state index is -0.392. The van der Waals surface area contributed by atoms with Crippen LogP contribution in [0.1, 0.15) is 18.4 Å². The summed E-state index contributed by atoms with van der Waals surface area (Å²) in [5.41, 5.74) is 2.92. The van der Waals surface area contributed by atoms with Gasteiger partial charge in [-0.2, -0.15) is 5.10 Å². The third-order valence-corrected chi connectivity index (χ3v) is 4.26. The van der Waals surface area contributed by atoms with E-state index < -0.39 is 4.92 Å². The predicted molar refractivity (Wildman–Crippen MR) is 90.5 cm³/mol. The van der Waals surface area contributed by atoms with E-state index in [1.807, 2.05) is 13.2 Å². The molecule has 0 spiro atoms. The van der Waals surface area contributed by atoms with Crippen LogP contribution in [-0.2, 0) is 18.3 Å². The van der Waals surface area contributed by atoms with Crippen LogP contribution in [0.15, 0.2) is 30.5 Å². The minimum Gasteiger partial charge on any atom is -0.381 e. The van der Waals surface area contributed by atoms with E-state index in [4.69, 9.17) is 4.74 Å². The van der Waals surface area contributed by atoms with Crippen molar-refractivity contribution in [2.45, 2.75) is 19.4 Å². The first kappa shape index (κ1) is 16.6. The normalized spacial score (nSPS) is 17.8. The van der Waals surface area contributed by atoms with Crippen molar-refractivity contribution in [3.05, 3.63) is 46.1 Å². The van der Waals surface area contributed by atoms with Crippen molar-refractivity contribution in [2.24, 2.45) is 13.0 Å². The molecule has 0 bridgehead atoms. The summed E-state index contributed by atoms with van der Waals surface area (Å²) in [6, 6.07) is 6.53. The van der Waals surface area contributed by atoms with Crippen molar-refractivity contribution in [1.82, 2.24) is 15.1 Å². The summed E-state index contributed by atoms with van der Waals surface area (Å²) >= 11 is 0. The van der Waals surface area contributed by atoms with E-state index in [1.54, 1.807) is 16.8 Å². The molecule has 1 atom stereocenters. The Morgan fingerprint density at radius 1 is 1.42 bits per heavy atom. The van der Waals surface area contributed by atoms with Crippen molar-refractivity contribution in [3.8, 4) is 11.3 Å². The van der Waals surface area contributed by atoms with Crippen LogP contribution >= 0.6 is 0 Å². The summed E-state index contributed by atoms with van der Waals surface area (Å²) in [6.45, 7) is 3.35. The van der Waals surface area contributed by atoms with E-state index >= 15 is 0 Å². The number of hydrogen-bond acceptors (Lipinski definition) is 5. The van der Waals surface area contributed by atoms with Gasteiger partial charge in [-0.25, -0.2) is 0 Å². The molecule has 2 aromatic rings. The Hall–Kier alpha value is -2.25. The Morgan fingerprint density at radius 2 is 2.21 bits per heavy atom. The number of nitrogens with zero attached hydrogens (tertiary/aromatic N) is 3. The van der Waals surface area contributed by atoms with Gasteiger partial charge in [0.2, 0.25) is 0 Å². The number of benzene rings is 1. The number of hydrogen-bond donors (Lipinski definition) is 1. The number of nitro groups is 1. The largest absolute Gasteiger partial charge is 0.381 e. The maximum Gasteiger partial charge on any atom is 0.269 e.